The number of anilines is 2. The van der Waals surface area contributed by atoms with E-state index >= 15 is 0 Å². The van der Waals surface area contributed by atoms with Crippen LogP contribution in [-0.4, -0.2) is 41.7 Å². The fourth-order valence-corrected chi connectivity index (χ4v) is 4.58. The molecule has 0 saturated heterocycles. The molecule has 0 radical (unpaired) electrons. The second-order valence-electron chi connectivity index (χ2n) is 8.61. The van der Waals surface area contributed by atoms with Gasteiger partial charge in [-0.3, -0.25) is 24.1 Å². The van der Waals surface area contributed by atoms with Crippen molar-refractivity contribution in [3.05, 3.63) is 88.2 Å². The molecule has 2 heterocycles. The van der Waals surface area contributed by atoms with Crippen molar-refractivity contribution in [3.8, 4) is 5.75 Å². The molecule has 2 aliphatic rings. The highest BCUT2D eigenvalue weighted by atomic mass is 35.5. The number of rotatable bonds is 7. The summed E-state index contributed by atoms with van der Waals surface area (Å²) in [5.74, 6) is -1.56. The van der Waals surface area contributed by atoms with Crippen LogP contribution in [0.1, 0.15) is 39.1 Å². The quantitative estimate of drug-likeness (QED) is 0.464. The summed E-state index contributed by atoms with van der Waals surface area (Å²) >= 11 is 6.15. The summed E-state index contributed by atoms with van der Waals surface area (Å²) in [6.45, 7) is -0.190. The highest BCUT2D eigenvalue weighted by molar-refractivity contribution is 6.31. The molecule has 0 bridgehead atoms. The van der Waals surface area contributed by atoms with Crippen molar-refractivity contribution in [1.29, 1.82) is 0 Å². The average Bonchev–Trinajstić information content (AvgIpc) is 3.12. The lowest BCUT2D eigenvalue weighted by Gasteiger charge is -2.30. The van der Waals surface area contributed by atoms with Crippen LogP contribution in [0, 0.1) is 5.82 Å². The van der Waals surface area contributed by atoms with Gasteiger partial charge in [-0.1, -0.05) is 29.8 Å². The summed E-state index contributed by atoms with van der Waals surface area (Å²) in [6.07, 6.45) is 0.343. The molecule has 8 nitrogen and oxygen atoms in total. The van der Waals surface area contributed by atoms with Crippen molar-refractivity contribution < 1.29 is 28.3 Å². The Morgan fingerprint density at radius 2 is 1.70 bits per heavy atom. The zero-order valence-corrected chi connectivity index (χ0v) is 20.3. The molecule has 0 saturated carbocycles. The minimum absolute atomic E-state index is 0.0640. The molecule has 0 spiro atoms. The van der Waals surface area contributed by atoms with Gasteiger partial charge in [-0.2, -0.15) is 0 Å². The molecule has 3 aromatic rings. The number of fused-ring (bicyclic) bond motifs is 2. The van der Waals surface area contributed by atoms with Gasteiger partial charge in [0.05, 0.1) is 23.4 Å². The first-order valence-corrected chi connectivity index (χ1v) is 12.0. The Bertz CT molecular complexity index is 1390. The van der Waals surface area contributed by atoms with E-state index in [1.165, 1.54) is 17.0 Å². The summed E-state index contributed by atoms with van der Waals surface area (Å²) in [6, 6.07) is 15.7. The lowest BCUT2D eigenvalue weighted by Crippen LogP contribution is -2.38. The van der Waals surface area contributed by atoms with E-state index in [1.54, 1.807) is 48.5 Å². The predicted octanol–water partition coefficient (Wildman–Crippen LogP) is 4.42. The molecule has 0 unspecified atom stereocenters. The fraction of sp³-hybridized carbons (Fsp3) is 0.185. The number of nitrogens with zero attached hydrogens (tertiary/aromatic N) is 2. The van der Waals surface area contributed by atoms with Crippen molar-refractivity contribution in [1.82, 2.24) is 4.90 Å². The molecule has 4 amide bonds. The van der Waals surface area contributed by atoms with Gasteiger partial charge in [0.1, 0.15) is 11.6 Å². The van der Waals surface area contributed by atoms with Gasteiger partial charge in [0.25, 0.3) is 17.7 Å². The number of hydrogen-bond acceptors (Lipinski definition) is 5. The van der Waals surface area contributed by atoms with Crippen molar-refractivity contribution in [2.45, 2.75) is 19.4 Å². The monoisotopic (exact) mass is 521 g/mol. The van der Waals surface area contributed by atoms with Crippen LogP contribution in [-0.2, 0) is 16.1 Å². The largest absolute Gasteiger partial charge is 0.482 e. The number of carbonyl (C=O) groups is 4. The number of benzene rings is 3. The van der Waals surface area contributed by atoms with Crippen LogP contribution in [0.4, 0.5) is 15.8 Å². The van der Waals surface area contributed by atoms with Crippen molar-refractivity contribution >= 4 is 46.6 Å². The summed E-state index contributed by atoms with van der Waals surface area (Å²) in [5.41, 5.74) is 1.69. The van der Waals surface area contributed by atoms with Gasteiger partial charge in [-0.05, 0) is 48.9 Å². The summed E-state index contributed by atoms with van der Waals surface area (Å²) < 4.78 is 19.9. The van der Waals surface area contributed by atoms with E-state index in [1.807, 2.05) is 0 Å². The molecule has 0 aliphatic carbocycles. The molecule has 0 fully saturated rings. The molecule has 5 rings (SSSR count). The van der Waals surface area contributed by atoms with Crippen LogP contribution in [0.5, 0.6) is 5.75 Å². The molecule has 10 heteroatoms. The number of ether oxygens (including phenoxy) is 1. The normalized spacial score (nSPS) is 14.4. The van der Waals surface area contributed by atoms with E-state index in [0.29, 0.717) is 28.3 Å². The second kappa shape index (κ2) is 10.0. The minimum Gasteiger partial charge on any atom is -0.482 e. The first-order valence-electron chi connectivity index (χ1n) is 11.6. The molecule has 188 valence electrons. The third kappa shape index (κ3) is 4.77. The summed E-state index contributed by atoms with van der Waals surface area (Å²) in [5, 5.41) is 2.96. The van der Waals surface area contributed by atoms with Gasteiger partial charge >= 0.3 is 0 Å². The summed E-state index contributed by atoms with van der Waals surface area (Å²) in [7, 11) is 0. The Morgan fingerprint density at radius 3 is 2.41 bits per heavy atom. The Balaban J connectivity index is 1.24. The van der Waals surface area contributed by atoms with Crippen molar-refractivity contribution in [2.75, 3.05) is 23.4 Å². The molecular weight excluding hydrogens is 501 g/mol. The van der Waals surface area contributed by atoms with Gasteiger partial charge in [0, 0.05) is 29.2 Å². The number of amides is 4. The van der Waals surface area contributed by atoms with Gasteiger partial charge in [0.2, 0.25) is 5.91 Å². The van der Waals surface area contributed by atoms with Crippen LogP contribution in [0.25, 0.3) is 0 Å². The van der Waals surface area contributed by atoms with E-state index in [4.69, 9.17) is 16.3 Å². The maximum Gasteiger partial charge on any atom is 0.265 e. The predicted molar refractivity (Wildman–Crippen MR) is 134 cm³/mol. The van der Waals surface area contributed by atoms with Gasteiger partial charge < -0.3 is 15.0 Å². The number of halogens is 2. The average molecular weight is 522 g/mol. The van der Waals surface area contributed by atoms with Crippen LogP contribution >= 0.6 is 11.6 Å². The number of imide groups is 1. The number of nitrogens with one attached hydrogen (secondary N) is 1. The summed E-state index contributed by atoms with van der Waals surface area (Å²) in [4.78, 5) is 52.6. The Morgan fingerprint density at radius 1 is 0.973 bits per heavy atom. The van der Waals surface area contributed by atoms with Crippen LogP contribution in [0.2, 0.25) is 5.02 Å². The molecule has 0 aromatic heterocycles. The fourth-order valence-electron chi connectivity index (χ4n) is 4.36. The maximum atomic E-state index is 14.4. The second-order valence-corrected chi connectivity index (χ2v) is 9.02. The van der Waals surface area contributed by atoms with Crippen molar-refractivity contribution in [3.63, 3.8) is 0 Å². The molecule has 37 heavy (non-hydrogen) atoms. The van der Waals surface area contributed by atoms with Crippen molar-refractivity contribution in [2.24, 2.45) is 0 Å². The van der Waals surface area contributed by atoms with Gasteiger partial charge in [-0.15, -0.1) is 0 Å². The molecule has 0 atom stereocenters. The number of carbonyl (C=O) groups excluding carboxylic acids is 4. The van der Waals surface area contributed by atoms with E-state index in [2.05, 4.69) is 5.32 Å². The minimum atomic E-state index is -0.532. The van der Waals surface area contributed by atoms with E-state index < -0.39 is 5.82 Å². The maximum absolute atomic E-state index is 14.4. The molecule has 1 N–H and O–H groups in total. The van der Waals surface area contributed by atoms with Crippen LogP contribution in [0.15, 0.2) is 60.7 Å². The first kappa shape index (κ1) is 24.5. The molecule has 2 aliphatic heterocycles. The van der Waals surface area contributed by atoms with E-state index in [-0.39, 0.29) is 66.8 Å². The SMILES string of the molecule is O=C(CCCN1C(=O)c2ccccc2C1=O)Nc1ccc2c(c1)N(Cc1c(F)cccc1Cl)C(=O)CO2. The highest BCUT2D eigenvalue weighted by Gasteiger charge is 2.34. The lowest BCUT2D eigenvalue weighted by atomic mass is 10.1. The first-order chi connectivity index (χ1) is 17.8. The third-order valence-electron chi connectivity index (χ3n) is 6.23. The zero-order valence-electron chi connectivity index (χ0n) is 19.5. The number of hydrogen-bond donors (Lipinski definition) is 1. The third-order valence-corrected chi connectivity index (χ3v) is 6.58. The van der Waals surface area contributed by atoms with Crippen LogP contribution < -0.4 is 15.0 Å². The zero-order chi connectivity index (χ0) is 26.1. The Labute approximate surface area is 216 Å². The topological polar surface area (TPSA) is 96.0 Å². The van der Waals surface area contributed by atoms with Gasteiger partial charge in [-0.25, -0.2) is 4.39 Å². The van der Waals surface area contributed by atoms with Gasteiger partial charge in [0.15, 0.2) is 6.61 Å². The molecule has 3 aromatic carbocycles. The van der Waals surface area contributed by atoms with E-state index in [0.717, 1.165) is 4.90 Å². The van der Waals surface area contributed by atoms with Crippen LogP contribution in [0.3, 0.4) is 0 Å². The Kier molecular flexibility index (Phi) is 6.62. The van der Waals surface area contributed by atoms with E-state index in [9.17, 15) is 23.6 Å². The Hall–Kier alpha value is -4.24. The lowest BCUT2D eigenvalue weighted by molar-refractivity contribution is -0.121. The smallest absolute Gasteiger partial charge is 0.265 e. The highest BCUT2D eigenvalue weighted by Crippen LogP contribution is 2.36. The molecular formula is C27H21ClFN3O5. The standard InChI is InChI=1S/C27H21ClFN3O5/c28-20-7-3-8-21(29)19(20)14-32-22-13-16(10-11-23(22)37-15-25(32)34)30-24(33)9-4-12-31-26(35)17-5-1-2-6-18(17)27(31)36/h1-3,5-8,10-11,13H,4,9,12,14-15H2,(H,30,33).